The van der Waals surface area contributed by atoms with Gasteiger partial charge in [-0.1, -0.05) is 41.9 Å². The third kappa shape index (κ3) is 3.52. The molecule has 4 rings (SSSR count). The molecule has 140 valence electrons. The van der Waals surface area contributed by atoms with E-state index >= 15 is 0 Å². The summed E-state index contributed by atoms with van der Waals surface area (Å²) in [5.74, 6) is -1.01. The van der Waals surface area contributed by atoms with Crippen molar-refractivity contribution in [2.45, 2.75) is 6.54 Å². The average Bonchev–Trinajstić information content (AvgIpc) is 3.13. The van der Waals surface area contributed by atoms with E-state index in [-0.39, 0.29) is 17.1 Å². The Morgan fingerprint density at radius 1 is 1.11 bits per heavy atom. The fourth-order valence-corrected chi connectivity index (χ4v) is 3.01. The average molecular weight is 397 g/mol. The molecule has 0 saturated heterocycles. The van der Waals surface area contributed by atoms with Gasteiger partial charge in [-0.2, -0.15) is 5.10 Å². The highest BCUT2D eigenvalue weighted by molar-refractivity contribution is 6.31. The van der Waals surface area contributed by atoms with Crippen LogP contribution in [-0.4, -0.2) is 20.1 Å². The van der Waals surface area contributed by atoms with Gasteiger partial charge in [-0.3, -0.25) is 9.59 Å². The zero-order chi connectivity index (χ0) is 19.7. The molecule has 0 radical (unpaired) electrons. The lowest BCUT2D eigenvalue weighted by atomic mass is 10.1. The number of nitrogens with one attached hydrogen (secondary N) is 1. The van der Waals surface area contributed by atoms with Gasteiger partial charge in [0.2, 0.25) is 5.91 Å². The third-order valence-electron chi connectivity index (χ3n) is 4.19. The van der Waals surface area contributed by atoms with Crippen molar-refractivity contribution in [2.75, 3.05) is 5.32 Å². The van der Waals surface area contributed by atoms with Gasteiger partial charge in [-0.25, -0.2) is 8.91 Å². The molecule has 0 aliphatic heterocycles. The number of hydrogen-bond donors (Lipinski definition) is 1. The predicted molar refractivity (Wildman–Crippen MR) is 105 cm³/mol. The van der Waals surface area contributed by atoms with Crippen LogP contribution in [0, 0.1) is 5.82 Å². The van der Waals surface area contributed by atoms with Crippen molar-refractivity contribution in [3.8, 4) is 11.3 Å². The van der Waals surface area contributed by atoms with Crippen LogP contribution < -0.4 is 10.9 Å². The molecule has 2 aromatic carbocycles. The number of rotatable bonds is 4. The Morgan fingerprint density at radius 3 is 2.64 bits per heavy atom. The molecule has 0 spiro atoms. The second-order valence-corrected chi connectivity index (χ2v) is 6.54. The molecule has 2 aromatic heterocycles. The van der Waals surface area contributed by atoms with Crippen molar-refractivity contribution in [1.82, 2.24) is 14.2 Å². The molecule has 0 atom stereocenters. The number of aromatic nitrogens is 3. The quantitative estimate of drug-likeness (QED) is 0.573. The van der Waals surface area contributed by atoms with E-state index in [2.05, 4.69) is 10.4 Å². The van der Waals surface area contributed by atoms with Crippen molar-refractivity contribution in [3.63, 3.8) is 0 Å². The summed E-state index contributed by atoms with van der Waals surface area (Å²) in [6, 6.07) is 15.0. The van der Waals surface area contributed by atoms with Gasteiger partial charge in [0.1, 0.15) is 17.9 Å². The monoisotopic (exact) mass is 396 g/mol. The van der Waals surface area contributed by atoms with Crippen LogP contribution >= 0.6 is 11.6 Å². The zero-order valence-electron chi connectivity index (χ0n) is 14.5. The molecule has 28 heavy (non-hydrogen) atoms. The van der Waals surface area contributed by atoms with Crippen LogP contribution in [0.1, 0.15) is 0 Å². The van der Waals surface area contributed by atoms with Crippen LogP contribution in [0.3, 0.4) is 0 Å². The van der Waals surface area contributed by atoms with Gasteiger partial charge in [0.25, 0.3) is 5.56 Å². The maximum absolute atomic E-state index is 13.2. The van der Waals surface area contributed by atoms with E-state index in [1.165, 1.54) is 27.4 Å². The molecule has 0 fully saturated rings. The molecule has 1 amide bonds. The van der Waals surface area contributed by atoms with Gasteiger partial charge in [0, 0.05) is 23.6 Å². The number of fused-ring (bicyclic) bond motifs is 1. The number of halogens is 2. The van der Waals surface area contributed by atoms with Gasteiger partial charge in [-0.05, 0) is 24.3 Å². The van der Waals surface area contributed by atoms with Crippen LogP contribution in [-0.2, 0) is 11.3 Å². The van der Waals surface area contributed by atoms with Crippen LogP contribution in [0.15, 0.2) is 71.8 Å². The molecule has 0 aliphatic rings. The standard InChI is InChI=1S/C20H14ClFN4O2/c21-15-10-14(6-7-16(15)22)23-19(27)12-25-8-9-26-18(20(25)28)11-17(24-26)13-4-2-1-3-5-13/h1-11H,12H2,(H,23,27). The second kappa shape index (κ2) is 7.28. The van der Waals surface area contributed by atoms with E-state index in [4.69, 9.17) is 11.6 Å². The fourth-order valence-electron chi connectivity index (χ4n) is 2.83. The summed E-state index contributed by atoms with van der Waals surface area (Å²) < 4.78 is 16.0. The van der Waals surface area contributed by atoms with Crippen LogP contribution in [0.2, 0.25) is 5.02 Å². The van der Waals surface area contributed by atoms with Crippen LogP contribution in [0.5, 0.6) is 0 Å². The summed E-state index contributed by atoms with van der Waals surface area (Å²) in [5.41, 5.74) is 1.92. The van der Waals surface area contributed by atoms with Crippen LogP contribution in [0.4, 0.5) is 10.1 Å². The summed E-state index contributed by atoms with van der Waals surface area (Å²) in [6.07, 6.45) is 3.11. The predicted octanol–water partition coefficient (Wildman–Crippen LogP) is 3.59. The molecule has 4 aromatic rings. The van der Waals surface area contributed by atoms with Crippen molar-refractivity contribution >= 4 is 28.7 Å². The molecule has 2 heterocycles. The lowest BCUT2D eigenvalue weighted by molar-refractivity contribution is -0.116. The van der Waals surface area contributed by atoms with Gasteiger partial charge in [0.15, 0.2) is 0 Å². The molecule has 6 nitrogen and oxygen atoms in total. The Kier molecular flexibility index (Phi) is 4.67. The number of benzene rings is 2. The first kappa shape index (κ1) is 17.9. The van der Waals surface area contributed by atoms with E-state index < -0.39 is 11.7 Å². The minimum atomic E-state index is -0.573. The number of anilines is 1. The second-order valence-electron chi connectivity index (χ2n) is 6.13. The van der Waals surface area contributed by atoms with Crippen molar-refractivity contribution in [3.05, 3.63) is 88.2 Å². The van der Waals surface area contributed by atoms with Gasteiger partial charge < -0.3 is 9.88 Å². The molecule has 0 aliphatic carbocycles. The highest BCUT2D eigenvalue weighted by Crippen LogP contribution is 2.19. The normalized spacial score (nSPS) is 10.9. The summed E-state index contributed by atoms with van der Waals surface area (Å²) >= 11 is 5.71. The Morgan fingerprint density at radius 2 is 1.89 bits per heavy atom. The minimum absolute atomic E-state index is 0.0934. The molecular weight excluding hydrogens is 383 g/mol. The Labute approximate surface area is 163 Å². The van der Waals surface area contributed by atoms with Crippen molar-refractivity contribution in [1.29, 1.82) is 0 Å². The highest BCUT2D eigenvalue weighted by Gasteiger charge is 2.12. The van der Waals surface area contributed by atoms with Crippen molar-refractivity contribution < 1.29 is 9.18 Å². The molecule has 0 unspecified atom stereocenters. The largest absolute Gasteiger partial charge is 0.324 e. The molecule has 8 heteroatoms. The molecule has 0 bridgehead atoms. The third-order valence-corrected chi connectivity index (χ3v) is 4.48. The Bertz CT molecular complexity index is 1230. The van der Waals surface area contributed by atoms with E-state index in [1.807, 2.05) is 30.3 Å². The van der Waals surface area contributed by atoms with Crippen LogP contribution in [0.25, 0.3) is 16.8 Å². The summed E-state index contributed by atoms with van der Waals surface area (Å²) in [5, 5.41) is 6.90. The van der Waals surface area contributed by atoms with Crippen molar-refractivity contribution in [2.24, 2.45) is 0 Å². The number of nitrogens with zero attached hydrogens (tertiary/aromatic N) is 3. The van der Waals surface area contributed by atoms with E-state index in [0.717, 1.165) is 11.6 Å². The van der Waals surface area contributed by atoms with Gasteiger partial charge in [-0.15, -0.1) is 0 Å². The maximum Gasteiger partial charge on any atom is 0.277 e. The lowest BCUT2D eigenvalue weighted by Crippen LogP contribution is -2.28. The number of amides is 1. The van der Waals surface area contributed by atoms with Gasteiger partial charge in [0.05, 0.1) is 10.7 Å². The van der Waals surface area contributed by atoms with Gasteiger partial charge >= 0.3 is 0 Å². The highest BCUT2D eigenvalue weighted by atomic mass is 35.5. The Hall–Kier alpha value is -3.45. The number of carbonyl (C=O) groups is 1. The lowest BCUT2D eigenvalue weighted by Gasteiger charge is -2.08. The smallest absolute Gasteiger partial charge is 0.277 e. The fraction of sp³-hybridized carbons (Fsp3) is 0.0500. The SMILES string of the molecule is O=C(Cn1ccn2nc(-c3ccccc3)cc2c1=O)Nc1ccc(F)c(Cl)c1. The van der Waals surface area contributed by atoms with E-state index in [1.54, 1.807) is 12.3 Å². The summed E-state index contributed by atoms with van der Waals surface area (Å²) in [7, 11) is 0. The molecule has 0 saturated carbocycles. The topological polar surface area (TPSA) is 68.4 Å². The number of hydrogen-bond acceptors (Lipinski definition) is 3. The summed E-state index contributed by atoms with van der Waals surface area (Å²) in [6.45, 7) is -0.198. The maximum atomic E-state index is 13.2. The minimum Gasteiger partial charge on any atom is -0.324 e. The molecular formula is C20H14ClFN4O2. The number of carbonyl (C=O) groups excluding carboxylic acids is 1. The van der Waals surface area contributed by atoms with E-state index in [0.29, 0.717) is 16.9 Å². The first-order valence-corrected chi connectivity index (χ1v) is 8.78. The first-order valence-electron chi connectivity index (χ1n) is 8.40. The Balaban J connectivity index is 1.58. The molecule has 1 N–H and O–H groups in total. The zero-order valence-corrected chi connectivity index (χ0v) is 15.2. The summed E-state index contributed by atoms with van der Waals surface area (Å²) in [4.78, 5) is 25.0. The first-order chi connectivity index (χ1) is 13.5. The van der Waals surface area contributed by atoms with E-state index in [9.17, 15) is 14.0 Å².